The molecule has 0 fully saturated rings. The fourth-order valence-electron chi connectivity index (χ4n) is 0.843. The van der Waals surface area contributed by atoms with Gasteiger partial charge in [-0.15, -0.1) is 0 Å². The molecule has 0 spiro atoms. The number of aliphatic hydroxyl groups excluding tert-OH is 1. The van der Waals surface area contributed by atoms with Crippen molar-refractivity contribution in [1.29, 1.82) is 0 Å². The number of nitrogens with two attached hydrogens (primary N) is 1. The Morgan fingerprint density at radius 3 is 3.00 bits per heavy atom. The first-order chi connectivity index (χ1) is 8.13. The smallest absolute Gasteiger partial charge is 0.187 e. The number of nitrogens with one attached hydrogen (secondary N) is 2. The van der Waals surface area contributed by atoms with E-state index in [0.717, 1.165) is 0 Å². The molecule has 0 saturated carbocycles. The van der Waals surface area contributed by atoms with Gasteiger partial charge < -0.3 is 16.2 Å². The maximum Gasteiger partial charge on any atom is 0.187 e. The Hall–Kier alpha value is -1.51. The van der Waals surface area contributed by atoms with E-state index in [1.807, 2.05) is 0 Å². The van der Waals surface area contributed by atoms with Gasteiger partial charge in [0.2, 0.25) is 0 Å². The third-order valence-corrected chi connectivity index (χ3v) is 1.96. The summed E-state index contributed by atoms with van der Waals surface area (Å²) in [5, 5.41) is 15.5. The van der Waals surface area contributed by atoms with Gasteiger partial charge in [0, 0.05) is 6.54 Å². The first-order valence-corrected chi connectivity index (χ1v) is 5.38. The predicted molar refractivity (Wildman–Crippen MR) is 68.6 cm³/mol. The van der Waals surface area contributed by atoms with Gasteiger partial charge >= 0.3 is 0 Å². The lowest BCUT2D eigenvalue weighted by atomic mass is 10.4. The highest BCUT2D eigenvalue weighted by Crippen LogP contribution is 2.01. The molecule has 0 radical (unpaired) electrons. The highest BCUT2D eigenvalue weighted by atomic mass is 35.5. The number of hydrogen-bond acceptors (Lipinski definition) is 5. The number of hydrogen-bond donors (Lipinski definition) is 4. The second-order valence-corrected chi connectivity index (χ2v) is 3.61. The summed E-state index contributed by atoms with van der Waals surface area (Å²) in [6.07, 6.45) is 2.82. The van der Waals surface area contributed by atoms with E-state index in [0.29, 0.717) is 12.2 Å². The van der Waals surface area contributed by atoms with Crippen LogP contribution in [0, 0.1) is 0 Å². The van der Waals surface area contributed by atoms with E-state index in [1.165, 1.54) is 12.4 Å². The van der Waals surface area contributed by atoms with Gasteiger partial charge in [-0.1, -0.05) is 11.6 Å². The van der Waals surface area contributed by atoms with Crippen LogP contribution in [0.3, 0.4) is 0 Å². The van der Waals surface area contributed by atoms with Crippen LogP contribution < -0.4 is 16.5 Å². The lowest BCUT2D eigenvalue weighted by Gasteiger charge is -2.05. The van der Waals surface area contributed by atoms with Crippen LogP contribution in [0.2, 0.25) is 5.15 Å². The van der Waals surface area contributed by atoms with Gasteiger partial charge in [0.25, 0.3) is 0 Å². The van der Waals surface area contributed by atoms with Crippen LogP contribution in [0.25, 0.3) is 0 Å². The normalized spacial score (nSPS) is 11.1. The Bertz CT molecular complexity index is 426. The third kappa shape index (κ3) is 4.89. The Labute approximate surface area is 108 Å². The van der Waals surface area contributed by atoms with Crippen LogP contribution in [0.15, 0.2) is 17.5 Å². The zero-order chi connectivity index (χ0) is 12.7. The van der Waals surface area contributed by atoms with Gasteiger partial charge in [0.1, 0.15) is 10.8 Å². The van der Waals surface area contributed by atoms with Gasteiger partial charge in [-0.05, 0) is 12.2 Å². The minimum atomic E-state index is -0.0270. The van der Waals surface area contributed by atoms with Gasteiger partial charge in [-0.25, -0.2) is 4.98 Å². The summed E-state index contributed by atoms with van der Waals surface area (Å²) in [4.78, 5) is 7.73. The lowest BCUT2D eigenvalue weighted by molar-refractivity contribution is 0.300. The first kappa shape index (κ1) is 13.6. The molecule has 0 saturated heterocycles. The van der Waals surface area contributed by atoms with Crippen molar-refractivity contribution in [2.45, 2.75) is 0 Å². The SMILES string of the molecule is N/C(=N/NC(=S)NCCO)c1cncc(Cl)n1. The first-order valence-electron chi connectivity index (χ1n) is 4.59. The zero-order valence-electron chi connectivity index (χ0n) is 8.72. The fourth-order valence-corrected chi connectivity index (χ4v) is 1.14. The van der Waals surface area contributed by atoms with Gasteiger partial charge in [0.15, 0.2) is 10.9 Å². The minimum absolute atomic E-state index is 0.0270. The molecule has 5 N–H and O–H groups in total. The van der Waals surface area contributed by atoms with Crippen molar-refractivity contribution in [3.63, 3.8) is 0 Å². The number of nitrogens with zero attached hydrogens (tertiary/aromatic N) is 3. The van der Waals surface area contributed by atoms with Crippen molar-refractivity contribution in [3.8, 4) is 0 Å². The molecule has 0 aliphatic carbocycles. The molecule has 1 aromatic rings. The Morgan fingerprint density at radius 1 is 1.59 bits per heavy atom. The van der Waals surface area contributed by atoms with Crippen molar-refractivity contribution >= 4 is 34.8 Å². The maximum absolute atomic E-state index is 8.56. The second-order valence-electron chi connectivity index (χ2n) is 2.82. The maximum atomic E-state index is 8.56. The van der Waals surface area contributed by atoms with Crippen molar-refractivity contribution < 1.29 is 5.11 Å². The van der Waals surface area contributed by atoms with Gasteiger partial charge in [0.05, 0.1) is 19.0 Å². The standard InChI is InChI=1S/C8H11ClN6OS/c9-6-4-11-3-5(13-6)7(10)14-15-8(17)12-1-2-16/h3-4,16H,1-2H2,(H2,10,14)(H2,12,15,17). The number of rotatable bonds is 4. The number of aliphatic hydroxyl groups is 1. The van der Waals surface area contributed by atoms with Gasteiger partial charge in [-0.2, -0.15) is 5.10 Å². The van der Waals surface area contributed by atoms with Gasteiger partial charge in [-0.3, -0.25) is 10.4 Å². The van der Waals surface area contributed by atoms with E-state index in [1.54, 1.807) is 0 Å². The summed E-state index contributed by atoms with van der Waals surface area (Å²) in [6.45, 7) is 0.305. The molecule has 1 heterocycles. The Kier molecular flexibility index (Phi) is 5.53. The van der Waals surface area contributed by atoms with Crippen molar-refractivity contribution in [3.05, 3.63) is 23.2 Å². The summed E-state index contributed by atoms with van der Waals surface area (Å²) < 4.78 is 0. The highest BCUT2D eigenvalue weighted by molar-refractivity contribution is 7.80. The largest absolute Gasteiger partial charge is 0.395 e. The summed E-state index contributed by atoms with van der Waals surface area (Å²) in [5.41, 5.74) is 8.47. The molecule has 7 nitrogen and oxygen atoms in total. The molecule has 0 amide bonds. The van der Waals surface area contributed by atoms with Crippen molar-refractivity contribution in [2.24, 2.45) is 10.8 Å². The number of aromatic nitrogens is 2. The number of amidine groups is 1. The van der Waals surface area contributed by atoms with E-state index in [9.17, 15) is 0 Å². The van der Waals surface area contributed by atoms with Crippen LogP contribution >= 0.6 is 23.8 Å². The van der Waals surface area contributed by atoms with Crippen LogP contribution in [-0.2, 0) is 0 Å². The Morgan fingerprint density at radius 2 is 2.35 bits per heavy atom. The topological polar surface area (TPSA) is 108 Å². The highest BCUT2D eigenvalue weighted by Gasteiger charge is 2.02. The molecule has 1 aromatic heterocycles. The monoisotopic (exact) mass is 274 g/mol. The molecule has 17 heavy (non-hydrogen) atoms. The van der Waals surface area contributed by atoms with Crippen LogP contribution in [0.4, 0.5) is 0 Å². The lowest BCUT2D eigenvalue weighted by Crippen LogP contribution is -2.35. The van der Waals surface area contributed by atoms with Crippen LogP contribution in [-0.4, -0.2) is 39.2 Å². The third-order valence-electron chi connectivity index (χ3n) is 1.54. The van der Waals surface area contributed by atoms with Crippen molar-refractivity contribution in [1.82, 2.24) is 20.7 Å². The summed E-state index contributed by atoms with van der Waals surface area (Å²) in [7, 11) is 0. The van der Waals surface area contributed by atoms with E-state index in [4.69, 9.17) is 34.7 Å². The Balaban J connectivity index is 2.57. The average molecular weight is 275 g/mol. The number of hydrazone groups is 1. The molecular weight excluding hydrogens is 264 g/mol. The molecule has 92 valence electrons. The quantitative estimate of drug-likeness (QED) is 0.246. The van der Waals surface area contributed by atoms with Crippen LogP contribution in [0.1, 0.15) is 5.69 Å². The molecule has 0 unspecified atom stereocenters. The van der Waals surface area contributed by atoms with Crippen LogP contribution in [0.5, 0.6) is 0 Å². The molecule has 0 aromatic carbocycles. The molecule has 9 heteroatoms. The van der Waals surface area contributed by atoms with Crippen molar-refractivity contribution in [2.75, 3.05) is 13.2 Å². The molecule has 0 bridgehead atoms. The second kappa shape index (κ2) is 6.94. The zero-order valence-corrected chi connectivity index (χ0v) is 10.3. The number of thiocarbonyl (C=S) groups is 1. The minimum Gasteiger partial charge on any atom is -0.395 e. The van der Waals surface area contributed by atoms with E-state index in [2.05, 4.69) is 25.8 Å². The molecule has 0 aliphatic rings. The average Bonchev–Trinajstić information content (AvgIpc) is 2.33. The summed E-state index contributed by atoms with van der Waals surface area (Å²) in [5.74, 6) is 0.105. The fraction of sp³-hybridized carbons (Fsp3) is 0.250. The predicted octanol–water partition coefficient (Wildman–Crippen LogP) is -0.793. The molecule has 0 atom stereocenters. The molecular formula is C8H11ClN6OS. The summed E-state index contributed by atoms with van der Waals surface area (Å²) >= 11 is 10.5. The van der Waals surface area contributed by atoms with E-state index < -0.39 is 0 Å². The van der Waals surface area contributed by atoms with E-state index in [-0.39, 0.29) is 22.7 Å². The van der Waals surface area contributed by atoms with E-state index >= 15 is 0 Å². The molecule has 0 aliphatic heterocycles. The summed E-state index contributed by atoms with van der Waals surface area (Å²) in [6, 6.07) is 0. The molecule has 1 rings (SSSR count). The number of halogens is 1.